The first-order valence-corrected chi connectivity index (χ1v) is 9.85. The molecule has 4 nitrogen and oxygen atoms in total. The number of halogens is 3. The molecule has 140 valence electrons. The van der Waals surface area contributed by atoms with Gasteiger partial charge in [-0.25, -0.2) is 4.98 Å². The van der Waals surface area contributed by atoms with E-state index in [9.17, 15) is 13.9 Å². The Morgan fingerprint density at radius 2 is 2.19 bits per heavy atom. The number of rotatable bonds is 3. The summed E-state index contributed by atoms with van der Waals surface area (Å²) in [6.07, 6.45) is 0.680. The molecule has 0 unspecified atom stereocenters. The number of alkyl halides is 2. The van der Waals surface area contributed by atoms with Gasteiger partial charge in [0, 0.05) is 26.6 Å². The van der Waals surface area contributed by atoms with Crippen molar-refractivity contribution in [3.63, 3.8) is 0 Å². The van der Waals surface area contributed by atoms with Crippen LogP contribution in [0.3, 0.4) is 0 Å². The molecule has 0 aliphatic carbocycles. The third kappa shape index (κ3) is 2.63. The van der Waals surface area contributed by atoms with Crippen molar-refractivity contribution >= 4 is 34.4 Å². The van der Waals surface area contributed by atoms with Crippen LogP contribution in [0.25, 0.3) is 11.0 Å². The Bertz CT molecular complexity index is 1040. The topological polar surface area (TPSA) is 47.3 Å². The van der Waals surface area contributed by atoms with Crippen molar-refractivity contribution in [1.29, 1.82) is 0 Å². The van der Waals surface area contributed by atoms with Gasteiger partial charge in [0.05, 0.1) is 23.7 Å². The normalized spacial score (nSPS) is 23.4. The van der Waals surface area contributed by atoms with Gasteiger partial charge >= 0.3 is 6.61 Å². The number of aliphatic hydroxyl groups excluding tert-OH is 1. The number of fused-ring (bicyclic) bond motifs is 9. The fraction of sp³-hybridized carbons (Fsp3) is 0.316. The molecule has 2 aliphatic rings. The van der Waals surface area contributed by atoms with Crippen LogP contribution in [-0.2, 0) is 0 Å². The fourth-order valence-corrected chi connectivity index (χ4v) is 5.74. The maximum atomic E-state index is 13.0. The van der Waals surface area contributed by atoms with Crippen LogP contribution in [0.1, 0.15) is 29.8 Å². The Labute approximate surface area is 163 Å². The number of nitrogens with zero attached hydrogens (tertiary/aromatic N) is 2. The first-order valence-electron chi connectivity index (χ1n) is 8.59. The Morgan fingerprint density at radius 3 is 2.96 bits per heavy atom. The van der Waals surface area contributed by atoms with E-state index in [4.69, 9.17) is 21.3 Å². The summed E-state index contributed by atoms with van der Waals surface area (Å²) in [5.41, 5.74) is 2.40. The fourth-order valence-electron chi connectivity index (χ4n) is 4.25. The Balaban J connectivity index is 1.78. The van der Waals surface area contributed by atoms with Crippen LogP contribution in [0, 0.1) is 0 Å². The van der Waals surface area contributed by atoms with E-state index in [1.807, 2.05) is 18.2 Å². The number of imidazole rings is 1. The van der Waals surface area contributed by atoms with E-state index in [1.165, 1.54) is 11.8 Å². The third-order valence-corrected chi connectivity index (χ3v) is 6.91. The minimum absolute atomic E-state index is 0.0166. The summed E-state index contributed by atoms with van der Waals surface area (Å²) in [6, 6.07) is 10.5. The standard InChI is InChI=1S/C19H15ClF2N2O2S/c20-9-4-5-11-12(6-9)24-13-7-10(18(24)23-11)16(8-25)27-15-3-1-2-14(17(13)15)26-19(21)22/h1-6,10,13,16,19,25H,7-8H2/t10-,13-,16-/m0/s1. The van der Waals surface area contributed by atoms with E-state index in [2.05, 4.69) is 4.57 Å². The smallest absolute Gasteiger partial charge is 0.387 e. The number of aromatic nitrogens is 2. The van der Waals surface area contributed by atoms with Crippen molar-refractivity contribution in [2.75, 3.05) is 6.61 Å². The second kappa shape index (κ2) is 6.36. The van der Waals surface area contributed by atoms with E-state index in [-0.39, 0.29) is 29.6 Å². The second-order valence-corrected chi connectivity index (χ2v) is 8.43. The predicted molar refractivity (Wildman–Crippen MR) is 100 cm³/mol. The van der Waals surface area contributed by atoms with Crippen LogP contribution in [0.15, 0.2) is 41.3 Å². The highest BCUT2D eigenvalue weighted by atomic mass is 35.5. The number of hydrogen-bond donors (Lipinski definition) is 1. The van der Waals surface area contributed by atoms with Crippen LogP contribution >= 0.6 is 23.4 Å². The van der Waals surface area contributed by atoms with Crippen LogP contribution < -0.4 is 4.74 Å². The minimum Gasteiger partial charge on any atom is -0.434 e. The third-order valence-electron chi connectivity index (χ3n) is 5.28. The molecule has 3 aromatic rings. The lowest BCUT2D eigenvalue weighted by Crippen LogP contribution is -2.18. The van der Waals surface area contributed by atoms with Crippen molar-refractivity contribution in [3.8, 4) is 5.75 Å². The summed E-state index contributed by atoms with van der Waals surface area (Å²) in [5.74, 6) is 1.05. The summed E-state index contributed by atoms with van der Waals surface area (Å²) in [7, 11) is 0. The van der Waals surface area contributed by atoms with Crippen LogP contribution in [0.4, 0.5) is 8.78 Å². The maximum absolute atomic E-state index is 13.0. The van der Waals surface area contributed by atoms with Gasteiger partial charge in [0.2, 0.25) is 0 Å². The molecule has 1 N–H and O–H groups in total. The zero-order valence-electron chi connectivity index (χ0n) is 14.0. The molecule has 0 spiro atoms. The molecular weight excluding hydrogens is 394 g/mol. The van der Waals surface area contributed by atoms with Gasteiger partial charge in [-0.2, -0.15) is 8.78 Å². The number of ether oxygens (including phenoxy) is 1. The van der Waals surface area contributed by atoms with Crippen molar-refractivity contribution < 1.29 is 18.6 Å². The summed E-state index contributed by atoms with van der Waals surface area (Å²) in [4.78, 5) is 5.63. The van der Waals surface area contributed by atoms with Gasteiger partial charge in [-0.1, -0.05) is 17.7 Å². The number of thioether (sulfide) groups is 1. The quantitative estimate of drug-likeness (QED) is 0.674. The van der Waals surface area contributed by atoms with Gasteiger partial charge in [-0.3, -0.25) is 0 Å². The maximum Gasteiger partial charge on any atom is 0.387 e. The van der Waals surface area contributed by atoms with Gasteiger partial charge < -0.3 is 14.4 Å². The molecule has 27 heavy (non-hydrogen) atoms. The molecule has 5 rings (SSSR count). The molecule has 2 aliphatic heterocycles. The zero-order chi connectivity index (χ0) is 18.7. The highest BCUT2D eigenvalue weighted by molar-refractivity contribution is 8.00. The lowest BCUT2D eigenvalue weighted by atomic mass is 9.96. The second-order valence-electron chi connectivity index (χ2n) is 6.72. The molecule has 1 aromatic heterocycles. The molecule has 0 amide bonds. The number of benzene rings is 2. The lowest BCUT2D eigenvalue weighted by molar-refractivity contribution is -0.0508. The van der Waals surface area contributed by atoms with E-state index < -0.39 is 6.61 Å². The van der Waals surface area contributed by atoms with Gasteiger partial charge in [0.1, 0.15) is 11.6 Å². The Hall–Kier alpha value is -1.83. The molecule has 8 heteroatoms. The molecule has 0 saturated carbocycles. The molecule has 0 saturated heterocycles. The molecule has 3 heterocycles. The van der Waals surface area contributed by atoms with E-state index >= 15 is 0 Å². The van der Waals surface area contributed by atoms with Gasteiger partial charge in [0.25, 0.3) is 0 Å². The molecule has 3 atom stereocenters. The monoisotopic (exact) mass is 408 g/mol. The van der Waals surface area contributed by atoms with E-state index in [0.717, 1.165) is 27.3 Å². The summed E-state index contributed by atoms with van der Waals surface area (Å²) < 4.78 is 32.9. The molecule has 0 radical (unpaired) electrons. The lowest BCUT2D eigenvalue weighted by Gasteiger charge is -2.23. The molecule has 2 aromatic carbocycles. The number of hydrogen-bond acceptors (Lipinski definition) is 4. The SMILES string of the molecule is OC[C@@H]1Sc2cccc(OC(F)F)c2[C@@H]2C[C@@H]1c1nc3ccc(Cl)cc3n12. The average Bonchev–Trinajstić information content (AvgIpc) is 3.10. The van der Waals surface area contributed by atoms with Crippen LogP contribution in [0.2, 0.25) is 5.02 Å². The molecule has 0 fully saturated rings. The number of aliphatic hydroxyl groups is 1. The van der Waals surface area contributed by atoms with Crippen molar-refractivity contribution in [2.24, 2.45) is 0 Å². The molecular formula is C19H15ClF2N2O2S. The summed E-state index contributed by atoms with van der Waals surface area (Å²) in [5, 5.41) is 10.5. The predicted octanol–water partition coefficient (Wildman–Crippen LogP) is 4.83. The van der Waals surface area contributed by atoms with E-state index in [1.54, 1.807) is 18.2 Å². The van der Waals surface area contributed by atoms with E-state index in [0.29, 0.717) is 11.4 Å². The average molecular weight is 409 g/mol. The first kappa shape index (κ1) is 17.3. The highest BCUT2D eigenvalue weighted by Gasteiger charge is 2.44. The van der Waals surface area contributed by atoms with Crippen molar-refractivity contribution in [2.45, 2.75) is 35.1 Å². The van der Waals surface area contributed by atoms with Crippen molar-refractivity contribution in [3.05, 3.63) is 52.8 Å². The van der Waals surface area contributed by atoms with Gasteiger partial charge in [0.15, 0.2) is 0 Å². The Kier molecular flexibility index (Phi) is 4.07. The Morgan fingerprint density at radius 1 is 1.33 bits per heavy atom. The van der Waals surface area contributed by atoms with Crippen LogP contribution in [0.5, 0.6) is 5.75 Å². The summed E-state index contributed by atoms with van der Waals surface area (Å²) in [6.45, 7) is -2.92. The highest BCUT2D eigenvalue weighted by Crippen LogP contribution is 2.55. The molecule has 2 bridgehead atoms. The minimum atomic E-state index is -2.90. The largest absolute Gasteiger partial charge is 0.434 e. The van der Waals surface area contributed by atoms with Crippen LogP contribution in [-0.4, -0.2) is 33.1 Å². The van der Waals surface area contributed by atoms with Gasteiger partial charge in [-0.05, 0) is 36.8 Å². The first-order chi connectivity index (χ1) is 13.1. The van der Waals surface area contributed by atoms with Crippen molar-refractivity contribution in [1.82, 2.24) is 9.55 Å². The summed E-state index contributed by atoms with van der Waals surface area (Å²) >= 11 is 7.70. The van der Waals surface area contributed by atoms with Gasteiger partial charge in [-0.15, -0.1) is 11.8 Å². The zero-order valence-corrected chi connectivity index (χ0v) is 15.6.